The van der Waals surface area contributed by atoms with Crippen LogP contribution < -0.4 is 10.4 Å². The van der Waals surface area contributed by atoms with Crippen molar-refractivity contribution in [1.82, 2.24) is 0 Å². The van der Waals surface area contributed by atoms with Crippen molar-refractivity contribution < 1.29 is 9.16 Å². The smallest absolute Gasteiger partial charge is 0.261 e. The third kappa shape index (κ3) is 4.80. The molecule has 0 spiro atoms. The van der Waals surface area contributed by atoms with Gasteiger partial charge in [0.2, 0.25) is 0 Å². The number of hydrogen-bond donors (Lipinski definition) is 0. The Hall–Kier alpha value is -2.46. The van der Waals surface area contributed by atoms with E-state index in [1.54, 1.807) is 0 Å². The fraction of sp³-hybridized carbons (Fsp3) is 0.310. The molecule has 0 unspecified atom stereocenters. The average molecular weight is 443 g/mol. The van der Waals surface area contributed by atoms with Crippen LogP contribution in [0, 0.1) is 5.92 Å². The van der Waals surface area contributed by atoms with E-state index < -0.39 is 8.32 Å². The quantitative estimate of drug-likeness (QED) is 0.328. The summed E-state index contributed by atoms with van der Waals surface area (Å²) in [5.41, 5.74) is 1.21. The van der Waals surface area contributed by atoms with E-state index in [1.165, 1.54) is 15.9 Å². The molecular weight excluding hydrogens is 408 g/mol. The van der Waals surface area contributed by atoms with Crippen molar-refractivity contribution in [2.45, 2.75) is 44.9 Å². The van der Waals surface area contributed by atoms with Gasteiger partial charge in [-0.1, -0.05) is 124 Å². The van der Waals surface area contributed by atoms with Crippen LogP contribution in [0.25, 0.3) is 0 Å². The maximum absolute atomic E-state index is 7.35. The molecule has 0 bridgehead atoms. The van der Waals surface area contributed by atoms with E-state index in [0.29, 0.717) is 13.2 Å². The molecule has 0 N–H and O–H groups in total. The fourth-order valence-corrected chi connectivity index (χ4v) is 9.53. The second kappa shape index (κ2) is 9.99. The summed E-state index contributed by atoms with van der Waals surface area (Å²) in [5.74, 6) is 0.264. The Morgan fingerprint density at radius 2 is 1.31 bits per heavy atom. The Morgan fingerprint density at radius 3 is 1.84 bits per heavy atom. The van der Waals surface area contributed by atoms with Gasteiger partial charge in [-0.15, -0.1) is 0 Å². The van der Waals surface area contributed by atoms with Crippen LogP contribution in [0.15, 0.2) is 103 Å². The highest BCUT2D eigenvalue weighted by Gasteiger charge is 2.52. The molecule has 4 rings (SSSR count). The van der Waals surface area contributed by atoms with E-state index >= 15 is 0 Å². The van der Waals surface area contributed by atoms with E-state index in [2.05, 4.69) is 118 Å². The maximum atomic E-state index is 7.35. The molecule has 2 nitrogen and oxygen atoms in total. The van der Waals surface area contributed by atoms with Crippen molar-refractivity contribution in [1.29, 1.82) is 0 Å². The summed E-state index contributed by atoms with van der Waals surface area (Å²) < 4.78 is 13.5. The van der Waals surface area contributed by atoms with Crippen molar-refractivity contribution in [3.8, 4) is 0 Å². The van der Waals surface area contributed by atoms with Gasteiger partial charge in [0.05, 0.1) is 19.3 Å². The topological polar surface area (TPSA) is 18.5 Å². The standard InChI is InChI=1S/C29H34O2Si/c1-29(2,3)32(26-17-9-5-10-18-26,27-19-11-6-12-20-27)31-28-21-13-16-25(28)23-30-22-24-14-7-4-8-15-24/h4-20,25,28H,21-23H2,1-3H3/t25-,28+/m1/s1. The lowest BCUT2D eigenvalue weighted by molar-refractivity contribution is 0.0539. The molecule has 166 valence electrons. The van der Waals surface area contributed by atoms with E-state index in [4.69, 9.17) is 9.16 Å². The summed E-state index contributed by atoms with van der Waals surface area (Å²) in [5, 5.41) is 2.64. The minimum absolute atomic E-state index is 0.0201. The summed E-state index contributed by atoms with van der Waals surface area (Å²) in [6.45, 7) is 8.32. The maximum Gasteiger partial charge on any atom is 0.261 e. The highest BCUT2D eigenvalue weighted by atomic mass is 28.4. The zero-order valence-corrected chi connectivity index (χ0v) is 20.4. The molecule has 2 atom stereocenters. The van der Waals surface area contributed by atoms with Crippen LogP contribution in [-0.4, -0.2) is 21.0 Å². The molecule has 32 heavy (non-hydrogen) atoms. The Bertz CT molecular complexity index is 954. The van der Waals surface area contributed by atoms with Gasteiger partial charge in [0, 0.05) is 5.92 Å². The van der Waals surface area contributed by atoms with E-state index in [1.807, 2.05) is 6.07 Å². The van der Waals surface area contributed by atoms with Crippen LogP contribution in [-0.2, 0) is 15.8 Å². The molecule has 0 saturated heterocycles. The van der Waals surface area contributed by atoms with Gasteiger partial charge in [0.25, 0.3) is 8.32 Å². The van der Waals surface area contributed by atoms with E-state index in [9.17, 15) is 0 Å². The summed E-state index contributed by atoms with van der Waals surface area (Å²) in [6.07, 6.45) is 5.60. The van der Waals surface area contributed by atoms with Gasteiger partial charge in [-0.05, 0) is 27.4 Å². The first-order valence-electron chi connectivity index (χ1n) is 11.6. The number of hydrogen-bond acceptors (Lipinski definition) is 2. The molecule has 0 aliphatic heterocycles. The predicted octanol–water partition coefficient (Wildman–Crippen LogP) is 5.72. The Kier molecular flexibility index (Phi) is 7.09. The van der Waals surface area contributed by atoms with Crippen molar-refractivity contribution >= 4 is 18.7 Å². The van der Waals surface area contributed by atoms with Crippen molar-refractivity contribution in [2.75, 3.05) is 6.61 Å². The summed E-state index contributed by atoms with van der Waals surface area (Å²) in [6, 6.07) is 32.2. The lowest BCUT2D eigenvalue weighted by Crippen LogP contribution is -2.68. The van der Waals surface area contributed by atoms with Gasteiger partial charge in [-0.25, -0.2) is 0 Å². The second-order valence-electron chi connectivity index (χ2n) is 9.65. The zero-order chi connectivity index (χ0) is 22.4. The van der Waals surface area contributed by atoms with Gasteiger partial charge in [-0.3, -0.25) is 0 Å². The minimum atomic E-state index is -2.55. The van der Waals surface area contributed by atoms with Gasteiger partial charge in [0.15, 0.2) is 0 Å². The molecule has 0 saturated carbocycles. The van der Waals surface area contributed by atoms with Crippen molar-refractivity contribution in [3.63, 3.8) is 0 Å². The van der Waals surface area contributed by atoms with Gasteiger partial charge >= 0.3 is 0 Å². The largest absolute Gasteiger partial charge is 0.403 e. The molecule has 1 aliphatic rings. The zero-order valence-electron chi connectivity index (χ0n) is 19.4. The SMILES string of the molecule is CC(C)(C)[Si](O[C@H]1CC=C[C@@H]1COCc1ccccc1)(c1ccccc1)c1ccccc1. The van der Waals surface area contributed by atoms with Crippen molar-refractivity contribution in [2.24, 2.45) is 5.92 Å². The molecule has 0 fully saturated rings. The normalized spacial score (nSPS) is 18.7. The predicted molar refractivity (Wildman–Crippen MR) is 136 cm³/mol. The molecule has 3 aromatic carbocycles. The monoisotopic (exact) mass is 442 g/mol. The summed E-state index contributed by atoms with van der Waals surface area (Å²) in [4.78, 5) is 0. The van der Waals surface area contributed by atoms with Gasteiger partial charge < -0.3 is 9.16 Å². The molecule has 0 radical (unpaired) electrons. The Balaban J connectivity index is 1.61. The van der Waals surface area contributed by atoms with E-state index in [0.717, 1.165) is 6.42 Å². The molecule has 0 heterocycles. The Morgan fingerprint density at radius 1 is 0.781 bits per heavy atom. The van der Waals surface area contributed by atoms with Crippen LogP contribution in [0.5, 0.6) is 0 Å². The number of rotatable bonds is 8. The second-order valence-corrected chi connectivity index (χ2v) is 13.9. The summed E-state index contributed by atoms with van der Waals surface area (Å²) in [7, 11) is -2.55. The number of ether oxygens (including phenoxy) is 1. The highest BCUT2D eigenvalue weighted by Crippen LogP contribution is 2.39. The van der Waals surface area contributed by atoms with E-state index in [-0.39, 0.29) is 17.1 Å². The molecule has 3 aromatic rings. The molecule has 0 amide bonds. The molecule has 3 heteroatoms. The van der Waals surface area contributed by atoms with Gasteiger partial charge in [-0.2, -0.15) is 0 Å². The van der Waals surface area contributed by atoms with Crippen LogP contribution >= 0.6 is 0 Å². The lowest BCUT2D eigenvalue weighted by atomic mass is 10.1. The van der Waals surface area contributed by atoms with Crippen molar-refractivity contribution in [3.05, 3.63) is 109 Å². The number of benzene rings is 3. The summed E-state index contributed by atoms with van der Waals surface area (Å²) >= 11 is 0. The highest BCUT2D eigenvalue weighted by molar-refractivity contribution is 6.99. The third-order valence-electron chi connectivity index (χ3n) is 6.40. The van der Waals surface area contributed by atoms with Crippen LogP contribution in [0.4, 0.5) is 0 Å². The van der Waals surface area contributed by atoms with Crippen LogP contribution in [0.1, 0.15) is 32.8 Å². The van der Waals surface area contributed by atoms with Gasteiger partial charge in [0.1, 0.15) is 0 Å². The first-order chi connectivity index (χ1) is 15.5. The average Bonchev–Trinajstić information content (AvgIpc) is 3.25. The lowest BCUT2D eigenvalue weighted by Gasteiger charge is -2.45. The third-order valence-corrected chi connectivity index (χ3v) is 11.5. The van der Waals surface area contributed by atoms with Crippen LogP contribution in [0.2, 0.25) is 5.04 Å². The fourth-order valence-electron chi connectivity index (χ4n) is 4.79. The first-order valence-corrected chi connectivity index (χ1v) is 13.5. The van der Waals surface area contributed by atoms with Crippen LogP contribution in [0.3, 0.4) is 0 Å². The Labute approximate surface area is 194 Å². The molecule has 0 aromatic heterocycles. The first kappa shape index (κ1) is 22.7. The minimum Gasteiger partial charge on any atom is -0.403 e. The molecule has 1 aliphatic carbocycles. The molecular formula is C29H34O2Si.